The summed E-state index contributed by atoms with van der Waals surface area (Å²) in [6, 6.07) is 8.37. The van der Waals surface area contributed by atoms with Gasteiger partial charge in [-0.3, -0.25) is 4.90 Å². The third kappa shape index (κ3) is 2.21. The summed E-state index contributed by atoms with van der Waals surface area (Å²) < 4.78 is 5.38. The van der Waals surface area contributed by atoms with E-state index in [1.54, 1.807) is 7.11 Å². The van der Waals surface area contributed by atoms with Crippen LogP contribution in [0.25, 0.3) is 10.9 Å². The van der Waals surface area contributed by atoms with Gasteiger partial charge in [-0.2, -0.15) is 0 Å². The number of fused-ring (bicyclic) bond motifs is 1. The summed E-state index contributed by atoms with van der Waals surface area (Å²) in [6.45, 7) is 5.39. The van der Waals surface area contributed by atoms with Gasteiger partial charge < -0.3 is 15.0 Å². The van der Waals surface area contributed by atoms with Gasteiger partial charge in [0.05, 0.1) is 12.6 Å². The van der Waals surface area contributed by atoms with E-state index in [0.717, 1.165) is 44.0 Å². The Kier molecular flexibility index (Phi) is 3.21. The molecular formula is C14H19N3O. The SMILES string of the molecule is COc1cccc2cc(CN3CCNCC3)[nH]c12. The van der Waals surface area contributed by atoms with E-state index in [4.69, 9.17) is 4.74 Å². The maximum atomic E-state index is 5.38. The van der Waals surface area contributed by atoms with Crippen LogP contribution >= 0.6 is 0 Å². The van der Waals surface area contributed by atoms with Crippen LogP contribution in [-0.2, 0) is 6.54 Å². The average molecular weight is 245 g/mol. The van der Waals surface area contributed by atoms with Crippen molar-refractivity contribution in [3.05, 3.63) is 30.0 Å². The maximum absolute atomic E-state index is 5.38. The zero-order chi connectivity index (χ0) is 12.4. The van der Waals surface area contributed by atoms with Crippen LogP contribution in [0.3, 0.4) is 0 Å². The van der Waals surface area contributed by atoms with Crippen LogP contribution in [0.4, 0.5) is 0 Å². The lowest BCUT2D eigenvalue weighted by Gasteiger charge is -2.26. The van der Waals surface area contributed by atoms with Crippen LogP contribution in [-0.4, -0.2) is 43.2 Å². The number of para-hydroxylation sites is 1. The van der Waals surface area contributed by atoms with Gasteiger partial charge >= 0.3 is 0 Å². The standard InChI is InChI=1S/C14H19N3O/c1-18-13-4-2-3-11-9-12(16-14(11)13)10-17-7-5-15-6-8-17/h2-4,9,15-16H,5-8,10H2,1H3. The van der Waals surface area contributed by atoms with Crippen molar-refractivity contribution in [2.75, 3.05) is 33.3 Å². The molecule has 2 N–H and O–H groups in total. The second-order valence-electron chi connectivity index (χ2n) is 4.75. The fourth-order valence-corrected chi connectivity index (χ4v) is 2.55. The topological polar surface area (TPSA) is 40.3 Å². The molecule has 3 rings (SSSR count). The number of aromatic amines is 1. The monoisotopic (exact) mass is 245 g/mol. The number of nitrogens with one attached hydrogen (secondary N) is 2. The molecule has 96 valence electrons. The summed E-state index contributed by atoms with van der Waals surface area (Å²) in [4.78, 5) is 5.94. The van der Waals surface area contributed by atoms with E-state index >= 15 is 0 Å². The van der Waals surface area contributed by atoms with E-state index in [-0.39, 0.29) is 0 Å². The van der Waals surface area contributed by atoms with E-state index in [1.807, 2.05) is 12.1 Å². The number of benzene rings is 1. The molecule has 1 aliphatic rings. The summed E-state index contributed by atoms with van der Waals surface area (Å²) in [5, 5.41) is 4.60. The minimum absolute atomic E-state index is 0.916. The van der Waals surface area contributed by atoms with E-state index in [0.29, 0.717) is 0 Å². The fourth-order valence-electron chi connectivity index (χ4n) is 2.55. The molecule has 1 saturated heterocycles. The molecule has 1 aliphatic heterocycles. The number of piperazine rings is 1. The van der Waals surface area contributed by atoms with Crippen molar-refractivity contribution in [1.82, 2.24) is 15.2 Å². The molecule has 18 heavy (non-hydrogen) atoms. The second-order valence-corrected chi connectivity index (χ2v) is 4.75. The highest BCUT2D eigenvalue weighted by Gasteiger charge is 2.12. The zero-order valence-corrected chi connectivity index (χ0v) is 10.7. The Morgan fingerprint density at radius 1 is 1.28 bits per heavy atom. The van der Waals surface area contributed by atoms with Crippen molar-refractivity contribution in [3.63, 3.8) is 0 Å². The number of hydrogen-bond acceptors (Lipinski definition) is 3. The van der Waals surface area contributed by atoms with Gasteiger partial charge in [-0.1, -0.05) is 12.1 Å². The second kappa shape index (κ2) is 5.00. The van der Waals surface area contributed by atoms with Gasteiger partial charge in [-0.15, -0.1) is 0 Å². The third-order valence-electron chi connectivity index (χ3n) is 3.50. The van der Waals surface area contributed by atoms with E-state index in [9.17, 15) is 0 Å². The van der Waals surface area contributed by atoms with Crippen LogP contribution in [0.1, 0.15) is 5.69 Å². The van der Waals surface area contributed by atoms with Crippen molar-refractivity contribution in [3.8, 4) is 5.75 Å². The maximum Gasteiger partial charge on any atom is 0.142 e. The lowest BCUT2D eigenvalue weighted by molar-refractivity contribution is 0.231. The average Bonchev–Trinajstić information content (AvgIpc) is 2.82. The Morgan fingerprint density at radius 2 is 2.11 bits per heavy atom. The van der Waals surface area contributed by atoms with Gasteiger partial charge in [-0.05, 0) is 12.1 Å². The molecule has 0 amide bonds. The molecule has 0 aliphatic carbocycles. The minimum Gasteiger partial charge on any atom is -0.495 e. The number of ether oxygens (including phenoxy) is 1. The first-order valence-corrected chi connectivity index (χ1v) is 6.44. The highest BCUT2D eigenvalue weighted by atomic mass is 16.5. The summed E-state index contributed by atoms with van der Waals surface area (Å²) in [7, 11) is 1.71. The largest absolute Gasteiger partial charge is 0.495 e. The third-order valence-corrected chi connectivity index (χ3v) is 3.50. The van der Waals surface area contributed by atoms with Gasteiger partial charge in [0.25, 0.3) is 0 Å². The van der Waals surface area contributed by atoms with Crippen molar-refractivity contribution < 1.29 is 4.74 Å². The van der Waals surface area contributed by atoms with Crippen LogP contribution < -0.4 is 10.1 Å². The molecule has 1 aromatic carbocycles. The Bertz CT molecular complexity index is 529. The van der Waals surface area contributed by atoms with Crippen molar-refractivity contribution in [2.45, 2.75) is 6.54 Å². The molecule has 1 fully saturated rings. The van der Waals surface area contributed by atoms with Crippen LogP contribution in [0.2, 0.25) is 0 Å². The smallest absolute Gasteiger partial charge is 0.142 e. The van der Waals surface area contributed by atoms with Crippen LogP contribution in [0.5, 0.6) is 5.75 Å². The first-order valence-electron chi connectivity index (χ1n) is 6.44. The molecule has 2 aromatic rings. The predicted molar refractivity (Wildman–Crippen MR) is 73.0 cm³/mol. The summed E-state index contributed by atoms with van der Waals surface area (Å²) >= 11 is 0. The number of hydrogen-bond donors (Lipinski definition) is 2. The van der Waals surface area contributed by atoms with Gasteiger partial charge in [0.15, 0.2) is 0 Å². The Morgan fingerprint density at radius 3 is 2.89 bits per heavy atom. The molecule has 0 atom stereocenters. The molecule has 0 unspecified atom stereocenters. The molecule has 1 aromatic heterocycles. The summed E-state index contributed by atoms with van der Waals surface area (Å²) in [5.41, 5.74) is 2.36. The Hall–Kier alpha value is -1.52. The van der Waals surface area contributed by atoms with Crippen molar-refractivity contribution in [1.29, 1.82) is 0 Å². The molecule has 0 saturated carbocycles. The molecule has 2 heterocycles. The Balaban J connectivity index is 1.84. The van der Waals surface area contributed by atoms with E-state index < -0.39 is 0 Å². The number of aromatic nitrogens is 1. The van der Waals surface area contributed by atoms with Gasteiger partial charge in [0.2, 0.25) is 0 Å². The summed E-state index contributed by atoms with van der Waals surface area (Å²) in [6.07, 6.45) is 0. The fraction of sp³-hybridized carbons (Fsp3) is 0.429. The summed E-state index contributed by atoms with van der Waals surface area (Å²) in [5.74, 6) is 0.916. The van der Waals surface area contributed by atoms with Crippen LogP contribution in [0.15, 0.2) is 24.3 Å². The Labute approximate surface area is 107 Å². The van der Waals surface area contributed by atoms with Gasteiger partial charge in [-0.25, -0.2) is 0 Å². The highest BCUT2D eigenvalue weighted by Crippen LogP contribution is 2.25. The first-order chi connectivity index (χ1) is 8.86. The molecule has 4 nitrogen and oxygen atoms in total. The van der Waals surface area contributed by atoms with Gasteiger partial charge in [0, 0.05) is 43.8 Å². The van der Waals surface area contributed by atoms with Crippen molar-refractivity contribution >= 4 is 10.9 Å². The number of nitrogens with zero attached hydrogens (tertiary/aromatic N) is 1. The normalized spacial score (nSPS) is 17.2. The zero-order valence-electron chi connectivity index (χ0n) is 10.7. The van der Waals surface area contributed by atoms with Gasteiger partial charge in [0.1, 0.15) is 5.75 Å². The first kappa shape index (κ1) is 11.6. The molecule has 0 spiro atoms. The number of rotatable bonds is 3. The van der Waals surface area contributed by atoms with Crippen molar-refractivity contribution in [2.24, 2.45) is 0 Å². The quantitative estimate of drug-likeness (QED) is 0.862. The lowest BCUT2D eigenvalue weighted by Crippen LogP contribution is -2.42. The molecule has 0 radical (unpaired) electrons. The predicted octanol–water partition coefficient (Wildman–Crippen LogP) is 1.58. The molecule has 4 heteroatoms. The number of H-pyrrole nitrogens is 1. The van der Waals surface area contributed by atoms with E-state index in [2.05, 4.69) is 27.3 Å². The molecule has 0 bridgehead atoms. The van der Waals surface area contributed by atoms with Crippen LogP contribution in [0, 0.1) is 0 Å². The number of methoxy groups -OCH3 is 1. The molecular weight excluding hydrogens is 226 g/mol. The lowest BCUT2D eigenvalue weighted by atomic mass is 10.2. The minimum atomic E-state index is 0.916. The van der Waals surface area contributed by atoms with E-state index in [1.165, 1.54) is 11.1 Å². The highest BCUT2D eigenvalue weighted by molar-refractivity contribution is 5.86.